The molecule has 4 heteroatoms. The Kier molecular flexibility index (Phi) is 3.14. The number of hydrogen-bond donors (Lipinski definition) is 2. The smallest absolute Gasteiger partial charge is 0.358 e. The van der Waals surface area contributed by atoms with E-state index < -0.39 is 25.1 Å². The van der Waals surface area contributed by atoms with Gasteiger partial charge in [-0.05, 0) is 0 Å². The Morgan fingerprint density at radius 3 is 2.25 bits per heavy atom. The first-order chi connectivity index (χ1) is 3.66. The number of carbonyl (C=O) groups excluding carboxylic acids is 1. The van der Waals surface area contributed by atoms with Crippen molar-refractivity contribution in [2.75, 3.05) is 6.61 Å². The quantitative estimate of drug-likeness (QED) is 0.484. The highest BCUT2D eigenvalue weighted by atomic mass is 16.4. The monoisotopic (exact) mass is 119 g/mol. The van der Waals surface area contributed by atoms with Crippen LogP contribution in [0, 0.1) is 0 Å². The van der Waals surface area contributed by atoms with Crippen molar-refractivity contribution in [2.45, 2.75) is 12.5 Å². The summed E-state index contributed by atoms with van der Waals surface area (Å²) in [4.78, 5) is 9.59. The zero-order chi connectivity index (χ0) is 6.57. The summed E-state index contributed by atoms with van der Waals surface area (Å²) in [6, 6.07) is 0. The minimum atomic E-state index is -1.36. The van der Waals surface area contributed by atoms with Crippen LogP contribution in [-0.4, -0.2) is 28.9 Å². The van der Waals surface area contributed by atoms with E-state index in [4.69, 9.17) is 10.2 Å². The predicted octanol–water partition coefficient (Wildman–Crippen LogP) is -1.31. The molecule has 47 valence electrons. The number of carbonyl (C=O) groups is 1. The predicted molar refractivity (Wildman–Crippen MR) is 23.4 cm³/mol. The Balaban J connectivity index is 3.24. The second kappa shape index (κ2) is 3.40. The standard InChI is InChI=1S/C4H7O4/c5-2-3(6)1-4(7)8/h3,5-6H,1-2H2. The molecule has 4 nitrogen and oxygen atoms in total. The molecular weight excluding hydrogens is 112 g/mol. The number of aliphatic hydroxyl groups excluding tert-OH is 2. The van der Waals surface area contributed by atoms with Crippen LogP contribution in [0.4, 0.5) is 0 Å². The van der Waals surface area contributed by atoms with Crippen LogP contribution in [-0.2, 0) is 9.90 Å². The molecule has 0 aromatic carbocycles. The minimum Gasteiger partial charge on any atom is -0.394 e. The third-order valence-electron chi connectivity index (χ3n) is 0.613. The summed E-state index contributed by atoms with van der Waals surface area (Å²) in [5.41, 5.74) is 0. The maximum atomic E-state index is 9.59. The second-order valence-corrected chi connectivity index (χ2v) is 1.41. The number of hydrogen-bond acceptors (Lipinski definition) is 3. The van der Waals surface area contributed by atoms with E-state index in [1.54, 1.807) is 0 Å². The highest BCUT2D eigenvalue weighted by molar-refractivity contribution is 5.66. The molecule has 0 saturated carbocycles. The molecule has 0 aromatic heterocycles. The van der Waals surface area contributed by atoms with Gasteiger partial charge in [-0.3, -0.25) is 0 Å². The lowest BCUT2D eigenvalue weighted by Crippen LogP contribution is -2.15. The van der Waals surface area contributed by atoms with Crippen LogP contribution < -0.4 is 0 Å². The summed E-state index contributed by atoms with van der Waals surface area (Å²) in [6.07, 6.45) is -1.68. The van der Waals surface area contributed by atoms with Crippen molar-refractivity contribution in [1.82, 2.24) is 0 Å². The molecule has 1 unspecified atom stereocenters. The fraction of sp³-hybridized carbons (Fsp3) is 0.750. The van der Waals surface area contributed by atoms with E-state index >= 15 is 0 Å². The number of aliphatic hydroxyl groups is 2. The molecule has 1 atom stereocenters. The zero-order valence-corrected chi connectivity index (χ0v) is 4.20. The highest BCUT2D eigenvalue weighted by Crippen LogP contribution is 1.87. The average Bonchev–Trinajstić information content (AvgIpc) is 1.65. The van der Waals surface area contributed by atoms with Crippen molar-refractivity contribution in [3.05, 3.63) is 0 Å². The van der Waals surface area contributed by atoms with Gasteiger partial charge in [0.05, 0.1) is 19.1 Å². The molecule has 0 bridgehead atoms. The van der Waals surface area contributed by atoms with Crippen LogP contribution in [0.5, 0.6) is 0 Å². The molecule has 0 spiro atoms. The Hall–Kier alpha value is -0.610. The lowest BCUT2D eigenvalue weighted by atomic mass is 10.3. The summed E-state index contributed by atoms with van der Waals surface area (Å²) in [7, 11) is 0. The van der Waals surface area contributed by atoms with Gasteiger partial charge in [-0.15, -0.1) is 0 Å². The van der Waals surface area contributed by atoms with Gasteiger partial charge in [0, 0.05) is 0 Å². The van der Waals surface area contributed by atoms with Gasteiger partial charge in [0.25, 0.3) is 0 Å². The molecule has 0 rings (SSSR count). The fourth-order valence-electron chi connectivity index (χ4n) is 0.257. The lowest BCUT2D eigenvalue weighted by Gasteiger charge is -1.98. The molecule has 8 heavy (non-hydrogen) atoms. The first-order valence-corrected chi connectivity index (χ1v) is 2.15. The van der Waals surface area contributed by atoms with Gasteiger partial charge in [-0.25, -0.2) is 9.90 Å². The molecule has 0 aromatic rings. The Morgan fingerprint density at radius 2 is 2.12 bits per heavy atom. The van der Waals surface area contributed by atoms with E-state index in [-0.39, 0.29) is 0 Å². The fourth-order valence-corrected chi connectivity index (χ4v) is 0.257. The molecule has 0 heterocycles. The summed E-state index contributed by atoms with van der Waals surface area (Å²) >= 11 is 0. The lowest BCUT2D eigenvalue weighted by molar-refractivity contribution is -0.145. The van der Waals surface area contributed by atoms with Crippen LogP contribution >= 0.6 is 0 Å². The van der Waals surface area contributed by atoms with Crippen molar-refractivity contribution in [1.29, 1.82) is 0 Å². The minimum absolute atomic E-state index is 0.503. The molecule has 0 aliphatic rings. The Labute approximate surface area is 46.4 Å². The summed E-state index contributed by atoms with van der Waals surface area (Å²) < 4.78 is 0. The topological polar surface area (TPSA) is 77.4 Å². The van der Waals surface area contributed by atoms with Crippen LogP contribution in [0.25, 0.3) is 0 Å². The first kappa shape index (κ1) is 7.39. The summed E-state index contributed by atoms with van der Waals surface area (Å²) in [6.45, 7) is -0.534. The van der Waals surface area contributed by atoms with Gasteiger partial charge in [0.2, 0.25) is 0 Å². The summed E-state index contributed by atoms with van der Waals surface area (Å²) in [5, 5.41) is 26.0. The van der Waals surface area contributed by atoms with Gasteiger partial charge in [-0.1, -0.05) is 0 Å². The maximum Gasteiger partial charge on any atom is 0.358 e. The van der Waals surface area contributed by atoms with Crippen LogP contribution in [0.2, 0.25) is 0 Å². The van der Waals surface area contributed by atoms with E-state index in [9.17, 15) is 9.90 Å². The largest absolute Gasteiger partial charge is 0.394 e. The second-order valence-electron chi connectivity index (χ2n) is 1.41. The highest BCUT2D eigenvalue weighted by Gasteiger charge is 2.07. The van der Waals surface area contributed by atoms with Crippen LogP contribution in [0.15, 0.2) is 0 Å². The van der Waals surface area contributed by atoms with Crippen molar-refractivity contribution < 1.29 is 20.1 Å². The molecule has 0 fully saturated rings. The zero-order valence-electron chi connectivity index (χ0n) is 4.20. The normalized spacial score (nSPS) is 13.2. The molecule has 2 N–H and O–H groups in total. The van der Waals surface area contributed by atoms with Gasteiger partial charge in [0.15, 0.2) is 0 Å². The third-order valence-corrected chi connectivity index (χ3v) is 0.613. The van der Waals surface area contributed by atoms with Gasteiger partial charge >= 0.3 is 5.97 Å². The molecule has 0 aliphatic heterocycles. The number of rotatable bonds is 3. The first-order valence-electron chi connectivity index (χ1n) is 2.15. The van der Waals surface area contributed by atoms with E-state index in [1.807, 2.05) is 0 Å². The average molecular weight is 119 g/mol. The molecule has 1 radical (unpaired) electrons. The van der Waals surface area contributed by atoms with Crippen LogP contribution in [0.3, 0.4) is 0 Å². The van der Waals surface area contributed by atoms with Crippen molar-refractivity contribution >= 4 is 5.97 Å². The SMILES string of the molecule is [O]C(=O)CC(O)CO. The van der Waals surface area contributed by atoms with Gasteiger partial charge in [0.1, 0.15) is 0 Å². The Bertz CT molecular complexity index is 80.1. The van der Waals surface area contributed by atoms with E-state index in [2.05, 4.69) is 0 Å². The van der Waals surface area contributed by atoms with E-state index in [0.717, 1.165) is 0 Å². The molecular formula is C4H7O4. The van der Waals surface area contributed by atoms with E-state index in [1.165, 1.54) is 0 Å². The van der Waals surface area contributed by atoms with Gasteiger partial charge < -0.3 is 10.2 Å². The maximum absolute atomic E-state index is 9.59. The molecule has 0 saturated heterocycles. The molecule has 0 amide bonds. The van der Waals surface area contributed by atoms with Crippen molar-refractivity contribution in [2.24, 2.45) is 0 Å². The summed E-state index contributed by atoms with van der Waals surface area (Å²) in [5.74, 6) is -1.36. The molecule has 0 aliphatic carbocycles. The third kappa shape index (κ3) is 3.58. The van der Waals surface area contributed by atoms with Gasteiger partial charge in [-0.2, -0.15) is 0 Å². The van der Waals surface area contributed by atoms with Crippen molar-refractivity contribution in [3.63, 3.8) is 0 Å². The Morgan fingerprint density at radius 1 is 1.62 bits per heavy atom. The van der Waals surface area contributed by atoms with Crippen LogP contribution in [0.1, 0.15) is 6.42 Å². The van der Waals surface area contributed by atoms with Crippen molar-refractivity contribution in [3.8, 4) is 0 Å². The van der Waals surface area contributed by atoms with E-state index in [0.29, 0.717) is 0 Å².